The lowest BCUT2D eigenvalue weighted by Crippen LogP contribution is -2.62. The monoisotopic (exact) mass is 1490 g/mol. The van der Waals surface area contributed by atoms with Crippen molar-refractivity contribution in [3.05, 3.63) is 180 Å². The van der Waals surface area contributed by atoms with Crippen LogP contribution in [0.3, 0.4) is 0 Å². The van der Waals surface area contributed by atoms with Crippen molar-refractivity contribution >= 4 is 87.6 Å². The van der Waals surface area contributed by atoms with Crippen molar-refractivity contribution < 1.29 is 54.3 Å². The Kier molecular flexibility index (Phi) is 22.7. The number of sulfonamides is 2. The molecule has 4 amide bonds. The minimum absolute atomic E-state index is 0.0650. The van der Waals surface area contributed by atoms with E-state index in [1.54, 1.807) is 80.8 Å². The van der Waals surface area contributed by atoms with E-state index in [0.29, 0.717) is 70.0 Å². The molecule has 23 heteroatoms. The summed E-state index contributed by atoms with van der Waals surface area (Å²) in [4.78, 5) is 59.3. The maximum Gasteiger partial charge on any atom is 0.266 e. The SMILES string of the molecule is CC(C)[Si](OCCCOc1ccc([C@]23C[C@H]4C(=O)N(C)CC(=O)N4[C@H]2N(S(=O)(=O)c2ccccc2)c2ccccc23)cc1)(C(C)C)C(C)C.CC(C)[Si](OCCCOc1ccccc1)(C(C)C)C(C)C.CN1CC(=O)N2[C@@H](C[C@]3(Br)c4ccccc4N(S(=O)(=O)c4ccccc4)[C@H]23)C1=O. The van der Waals surface area contributed by atoms with E-state index in [4.69, 9.17) is 18.3 Å². The van der Waals surface area contributed by atoms with Crippen LogP contribution in [0, 0.1) is 0 Å². The number of piperazine rings is 2. The highest BCUT2D eigenvalue weighted by molar-refractivity contribution is 9.09. The third-order valence-corrected chi connectivity index (χ3v) is 38.3. The Balaban J connectivity index is 0.000000179. The van der Waals surface area contributed by atoms with Gasteiger partial charge in [-0.3, -0.25) is 19.2 Å². The molecule has 4 saturated heterocycles. The molecule has 0 aliphatic carbocycles. The average molecular weight is 1490 g/mol. The number of carbonyl (C=O) groups is 4. The summed E-state index contributed by atoms with van der Waals surface area (Å²) in [7, 11) is -8.53. The molecular weight excluding hydrogens is 1390 g/mol. The molecule has 99 heavy (non-hydrogen) atoms. The van der Waals surface area contributed by atoms with E-state index in [1.807, 2.05) is 84.9 Å². The summed E-state index contributed by atoms with van der Waals surface area (Å²) in [5.41, 5.74) is 5.91. The Morgan fingerprint density at radius 2 is 0.798 bits per heavy atom. The molecule has 6 aromatic rings. The molecule has 6 aromatic carbocycles. The van der Waals surface area contributed by atoms with E-state index in [-0.39, 0.29) is 52.9 Å². The number of hydrogen-bond acceptors (Lipinski definition) is 12. The number of fused-ring (bicyclic) bond motifs is 10. The molecule has 6 heterocycles. The molecule has 6 atom stereocenters. The Labute approximate surface area is 597 Å². The fourth-order valence-corrected chi connectivity index (χ4v) is 32.8. The van der Waals surface area contributed by atoms with Crippen molar-refractivity contribution in [2.24, 2.45) is 0 Å². The molecule has 0 saturated carbocycles. The molecule has 0 unspecified atom stereocenters. The van der Waals surface area contributed by atoms with Crippen LogP contribution in [0.15, 0.2) is 174 Å². The standard InChI is InChI=1S/C38H49N3O6SSi.C20H18BrN3O4S.C18H32O2Si/c1-26(2)49(27(3)4,28(5)6)47-23-13-22-46-30-20-18-29(19-21-30)38-24-34-36(43)39(7)25-35(42)40(34)37(38)41(33-17-12-11-16-32(33)38)48(44,45)31-14-9-8-10-15-31;1-22-12-17(25)23-16(18(22)26)11-20(21)14-9-5-6-10-15(14)24(19(20)23)29(27,28)13-7-3-2-4-8-13;1-15(2)21(16(3)4,17(5)6)20-14-10-13-19-18-11-8-7-9-12-18/h8-12,14-21,26-28,34,37H,13,22-25H2,1-7H3;2-10,16,19H,11-12H2,1H3;7-9,11-12,15-17H,10,13-14H2,1-6H3/t34-,37-,38-;16-,19-,20-;/m00./s1. The third-order valence-electron chi connectivity index (χ3n) is 21.3. The summed E-state index contributed by atoms with van der Waals surface area (Å²) < 4.78 is 83.3. The largest absolute Gasteiger partial charge is 0.494 e. The van der Waals surface area contributed by atoms with Gasteiger partial charge in [-0.25, -0.2) is 25.4 Å². The zero-order valence-electron chi connectivity index (χ0n) is 59.7. The number of para-hydroxylation sites is 3. The second-order valence-corrected chi connectivity index (χ2v) is 44.8. The normalized spacial score (nSPS) is 22.0. The highest BCUT2D eigenvalue weighted by Crippen LogP contribution is 2.61. The lowest BCUT2D eigenvalue weighted by Gasteiger charge is -2.42. The van der Waals surface area contributed by atoms with Crippen molar-refractivity contribution in [2.45, 2.75) is 186 Å². The van der Waals surface area contributed by atoms with Gasteiger partial charge in [0.15, 0.2) is 16.6 Å². The second-order valence-electron chi connectivity index (χ2n) is 28.8. The molecule has 6 aliphatic rings. The number of amides is 4. The molecule has 532 valence electrons. The Hall–Kier alpha value is -6.87. The number of halogens is 1. The van der Waals surface area contributed by atoms with Crippen molar-refractivity contribution in [1.29, 1.82) is 0 Å². The highest BCUT2D eigenvalue weighted by atomic mass is 79.9. The van der Waals surface area contributed by atoms with Crippen LogP contribution in [0.1, 0.15) is 125 Å². The van der Waals surface area contributed by atoms with Gasteiger partial charge in [0, 0.05) is 46.6 Å². The molecule has 0 N–H and O–H groups in total. The van der Waals surface area contributed by atoms with E-state index in [9.17, 15) is 36.0 Å². The van der Waals surface area contributed by atoms with Gasteiger partial charge < -0.3 is 37.9 Å². The number of carbonyl (C=O) groups excluding carboxylic acids is 4. The molecule has 0 radical (unpaired) electrons. The summed E-state index contributed by atoms with van der Waals surface area (Å²) in [5.74, 6) is 0.736. The zero-order valence-corrected chi connectivity index (χ0v) is 64.9. The van der Waals surface area contributed by atoms with E-state index in [0.717, 1.165) is 48.5 Å². The van der Waals surface area contributed by atoms with Gasteiger partial charge in [-0.2, -0.15) is 0 Å². The summed E-state index contributed by atoms with van der Waals surface area (Å²) >= 11 is 3.77. The van der Waals surface area contributed by atoms with Gasteiger partial charge in [0.25, 0.3) is 20.0 Å². The van der Waals surface area contributed by atoms with Gasteiger partial charge in [0.1, 0.15) is 35.9 Å². The van der Waals surface area contributed by atoms with Crippen molar-refractivity contribution in [2.75, 3.05) is 62.2 Å². The molecule has 0 aromatic heterocycles. The van der Waals surface area contributed by atoms with E-state index in [1.165, 1.54) is 40.3 Å². The third kappa shape index (κ3) is 13.6. The zero-order chi connectivity index (χ0) is 71.7. The maximum atomic E-state index is 14.5. The predicted molar refractivity (Wildman–Crippen MR) is 397 cm³/mol. The Morgan fingerprint density at radius 1 is 0.444 bits per heavy atom. The molecule has 12 rings (SSSR count). The van der Waals surface area contributed by atoms with Crippen LogP contribution in [-0.2, 0) is 57.8 Å². The van der Waals surface area contributed by atoms with E-state index < -0.39 is 70.8 Å². The summed E-state index contributed by atoms with van der Waals surface area (Å²) in [6.07, 6.45) is 0.486. The van der Waals surface area contributed by atoms with Crippen LogP contribution in [0.5, 0.6) is 11.5 Å². The number of hydrogen-bond donors (Lipinski definition) is 0. The quantitative estimate of drug-likeness (QED) is 0.0335. The first kappa shape index (κ1) is 74.8. The first-order valence-corrected chi connectivity index (χ1v) is 42.8. The Bertz CT molecular complexity index is 4040. The van der Waals surface area contributed by atoms with Crippen LogP contribution >= 0.6 is 15.9 Å². The lowest BCUT2D eigenvalue weighted by molar-refractivity contribution is -0.153. The van der Waals surface area contributed by atoms with Crippen LogP contribution in [0.25, 0.3) is 0 Å². The number of nitrogens with zero attached hydrogens (tertiary/aromatic N) is 6. The second kappa shape index (κ2) is 30.0. The van der Waals surface area contributed by atoms with Crippen LogP contribution in [0.2, 0.25) is 33.2 Å². The summed E-state index contributed by atoms with van der Waals surface area (Å²) in [5, 5.41) is 0. The van der Waals surface area contributed by atoms with Crippen molar-refractivity contribution in [1.82, 2.24) is 19.6 Å². The molecule has 0 spiro atoms. The maximum absolute atomic E-state index is 14.5. The minimum Gasteiger partial charge on any atom is -0.494 e. The number of alkyl halides is 1. The summed E-state index contributed by atoms with van der Waals surface area (Å²) in [6, 6.07) is 47.3. The first-order chi connectivity index (χ1) is 47.0. The highest BCUT2D eigenvalue weighted by Gasteiger charge is 2.69. The number of anilines is 2. The smallest absolute Gasteiger partial charge is 0.266 e. The van der Waals surface area contributed by atoms with Gasteiger partial charge >= 0.3 is 0 Å². The van der Waals surface area contributed by atoms with Crippen LogP contribution in [-0.4, -0.2) is 155 Å². The molecule has 6 aliphatic heterocycles. The van der Waals surface area contributed by atoms with Gasteiger partial charge in [-0.05, 0) is 117 Å². The van der Waals surface area contributed by atoms with Gasteiger partial charge in [0.05, 0.1) is 57.2 Å². The lowest BCUT2D eigenvalue weighted by atomic mass is 9.72. The van der Waals surface area contributed by atoms with E-state index >= 15 is 0 Å². The Morgan fingerprint density at radius 3 is 1.23 bits per heavy atom. The fraction of sp³-hybridized carbons (Fsp3) is 0.474. The number of benzene rings is 6. The molecule has 18 nitrogen and oxygen atoms in total. The number of rotatable bonds is 23. The van der Waals surface area contributed by atoms with Gasteiger partial charge in [-0.1, -0.05) is 202 Å². The number of likely N-dealkylation sites (N-methyl/N-ethyl adjacent to an activating group) is 2. The summed E-state index contributed by atoms with van der Waals surface area (Å²) in [6.45, 7) is 30.2. The minimum atomic E-state index is -4.13. The average Bonchev–Trinajstić information content (AvgIpc) is 1.52. The van der Waals surface area contributed by atoms with Crippen molar-refractivity contribution in [3.63, 3.8) is 0 Å². The fourth-order valence-electron chi connectivity index (χ4n) is 17.2. The van der Waals surface area contributed by atoms with E-state index in [2.05, 4.69) is 99.0 Å². The van der Waals surface area contributed by atoms with Gasteiger partial charge in [-0.15, -0.1) is 0 Å². The molecule has 4 fully saturated rings. The first-order valence-electron chi connectivity index (χ1n) is 34.8. The van der Waals surface area contributed by atoms with Gasteiger partial charge in [0.2, 0.25) is 23.6 Å². The molecule has 0 bridgehead atoms. The number of ether oxygens (including phenoxy) is 2. The van der Waals surface area contributed by atoms with Crippen LogP contribution < -0.4 is 18.1 Å². The predicted octanol–water partition coefficient (Wildman–Crippen LogP) is 14.1. The molecular formula is C76H99BrN6O12S2Si2. The van der Waals surface area contributed by atoms with Crippen LogP contribution in [0.4, 0.5) is 11.4 Å². The van der Waals surface area contributed by atoms with Crippen molar-refractivity contribution in [3.8, 4) is 11.5 Å². The topological polar surface area (TPSA) is 193 Å².